The van der Waals surface area contributed by atoms with Gasteiger partial charge in [-0.3, -0.25) is 4.79 Å². The van der Waals surface area contributed by atoms with E-state index in [2.05, 4.69) is 32.0 Å². The van der Waals surface area contributed by atoms with Gasteiger partial charge in [0.05, 0.1) is 35.6 Å². The molecule has 2 aromatic rings. The fourth-order valence-electron chi connectivity index (χ4n) is 4.14. The van der Waals surface area contributed by atoms with Crippen molar-refractivity contribution < 1.29 is 19.0 Å². The van der Waals surface area contributed by atoms with Crippen molar-refractivity contribution in [2.45, 2.75) is 45.3 Å². The molecule has 2 aromatic carbocycles. The first kappa shape index (κ1) is 22.4. The summed E-state index contributed by atoms with van der Waals surface area (Å²) in [5, 5.41) is 0.729. The van der Waals surface area contributed by atoms with Crippen LogP contribution in [0.4, 0.5) is 5.69 Å². The number of aryl methyl sites for hydroxylation is 1. The molecule has 1 spiro atoms. The molecule has 0 aliphatic carbocycles. The zero-order valence-electron chi connectivity index (χ0n) is 18.0. The van der Waals surface area contributed by atoms with Crippen LogP contribution in [-0.2, 0) is 20.1 Å². The van der Waals surface area contributed by atoms with Gasteiger partial charge in [0.25, 0.3) is 11.7 Å². The number of hydrogen-bond donors (Lipinski definition) is 0. The van der Waals surface area contributed by atoms with Gasteiger partial charge >= 0.3 is 0 Å². The lowest BCUT2D eigenvalue weighted by molar-refractivity contribution is -0.256. The molecule has 7 heteroatoms. The van der Waals surface area contributed by atoms with Crippen LogP contribution < -0.4 is 9.64 Å². The lowest BCUT2D eigenvalue weighted by atomic mass is 10.0. The van der Waals surface area contributed by atoms with Crippen LogP contribution in [0.15, 0.2) is 30.3 Å². The Morgan fingerprint density at radius 3 is 2.61 bits per heavy atom. The SMILES string of the molecule is Cc1ccc(C(C)C)c(OCCCN2C(=O)C3(OCCCO3)c3ccc(Cl)c(Cl)c32)c1. The molecule has 2 aliphatic rings. The van der Waals surface area contributed by atoms with Crippen molar-refractivity contribution in [1.29, 1.82) is 0 Å². The van der Waals surface area contributed by atoms with Crippen molar-refractivity contribution in [1.82, 2.24) is 0 Å². The van der Waals surface area contributed by atoms with E-state index >= 15 is 0 Å². The van der Waals surface area contributed by atoms with E-state index in [0.717, 1.165) is 17.7 Å². The minimum absolute atomic E-state index is 0.259. The molecule has 0 saturated carbocycles. The summed E-state index contributed by atoms with van der Waals surface area (Å²) in [6, 6.07) is 9.71. The van der Waals surface area contributed by atoms with E-state index < -0.39 is 5.79 Å². The molecule has 1 saturated heterocycles. The van der Waals surface area contributed by atoms with Crippen molar-refractivity contribution in [3.63, 3.8) is 0 Å². The lowest BCUT2D eigenvalue weighted by Crippen LogP contribution is -2.47. The largest absolute Gasteiger partial charge is 0.493 e. The Kier molecular flexibility index (Phi) is 6.50. The molecule has 5 nitrogen and oxygen atoms in total. The maximum absolute atomic E-state index is 13.4. The molecule has 0 radical (unpaired) electrons. The van der Waals surface area contributed by atoms with Gasteiger partial charge in [-0.1, -0.05) is 49.2 Å². The number of hydrogen-bond acceptors (Lipinski definition) is 4. The number of ether oxygens (including phenoxy) is 3. The molecular formula is C24H27Cl2NO4. The summed E-state index contributed by atoms with van der Waals surface area (Å²) in [4.78, 5) is 15.0. The summed E-state index contributed by atoms with van der Waals surface area (Å²) >= 11 is 12.8. The monoisotopic (exact) mass is 463 g/mol. The summed E-state index contributed by atoms with van der Waals surface area (Å²) in [7, 11) is 0. The molecule has 166 valence electrons. The van der Waals surface area contributed by atoms with Crippen LogP contribution in [0.25, 0.3) is 0 Å². The average molecular weight is 464 g/mol. The van der Waals surface area contributed by atoms with Crippen molar-refractivity contribution in [3.05, 3.63) is 57.1 Å². The van der Waals surface area contributed by atoms with Gasteiger partial charge in [-0.15, -0.1) is 0 Å². The number of carbonyl (C=O) groups is 1. The smallest absolute Gasteiger partial charge is 0.292 e. The normalized spacial score (nSPS) is 17.5. The second-order valence-electron chi connectivity index (χ2n) is 8.28. The maximum atomic E-state index is 13.4. The molecule has 4 rings (SSSR count). The van der Waals surface area contributed by atoms with Gasteiger partial charge < -0.3 is 19.1 Å². The number of halogens is 2. The lowest BCUT2D eigenvalue weighted by Gasteiger charge is -2.32. The molecule has 31 heavy (non-hydrogen) atoms. The van der Waals surface area contributed by atoms with E-state index in [1.165, 1.54) is 5.56 Å². The molecule has 1 amide bonds. The number of nitrogens with zero attached hydrogens (tertiary/aromatic N) is 1. The summed E-state index contributed by atoms with van der Waals surface area (Å²) in [5.74, 6) is -0.433. The predicted octanol–water partition coefficient (Wildman–Crippen LogP) is 5.83. The molecular weight excluding hydrogens is 437 g/mol. The Morgan fingerprint density at radius 1 is 1.16 bits per heavy atom. The third-order valence-corrected chi connectivity index (χ3v) is 6.49. The van der Waals surface area contributed by atoms with E-state index in [9.17, 15) is 4.79 Å². The highest BCUT2D eigenvalue weighted by Crippen LogP contribution is 2.50. The van der Waals surface area contributed by atoms with E-state index in [4.69, 9.17) is 37.4 Å². The standard InChI is InChI=1S/C24H27Cl2NO4/c1-15(2)17-7-6-16(3)14-20(17)29-11-4-10-27-22-18(8-9-19(25)21(22)26)24(23(27)28)30-12-5-13-31-24/h6-9,14-15H,4-5,10-13H2,1-3H3. The number of amides is 1. The summed E-state index contributed by atoms with van der Waals surface area (Å²) < 4.78 is 17.8. The average Bonchev–Trinajstić information content (AvgIpc) is 2.97. The van der Waals surface area contributed by atoms with Gasteiger partial charge in [-0.2, -0.15) is 0 Å². The molecule has 1 fully saturated rings. The van der Waals surface area contributed by atoms with Crippen LogP contribution in [0.2, 0.25) is 10.0 Å². The molecule has 2 heterocycles. The minimum atomic E-state index is -1.43. The van der Waals surface area contributed by atoms with Crippen LogP contribution in [-0.4, -0.2) is 32.3 Å². The third-order valence-electron chi connectivity index (χ3n) is 5.69. The van der Waals surface area contributed by atoms with Crippen LogP contribution in [0.5, 0.6) is 5.75 Å². The Morgan fingerprint density at radius 2 is 1.90 bits per heavy atom. The molecule has 0 aromatic heterocycles. The van der Waals surface area contributed by atoms with Gasteiger partial charge in [0, 0.05) is 12.1 Å². The topological polar surface area (TPSA) is 48.0 Å². The minimum Gasteiger partial charge on any atom is -0.493 e. The Balaban J connectivity index is 1.52. The Hall–Kier alpha value is -1.79. The fraction of sp³-hybridized carbons (Fsp3) is 0.458. The zero-order valence-corrected chi connectivity index (χ0v) is 19.6. The second-order valence-corrected chi connectivity index (χ2v) is 9.06. The number of benzene rings is 2. The van der Waals surface area contributed by atoms with Crippen molar-refractivity contribution in [3.8, 4) is 5.75 Å². The summed E-state index contributed by atoms with van der Waals surface area (Å²) in [6.07, 6.45) is 1.36. The number of carbonyl (C=O) groups excluding carboxylic acids is 1. The highest BCUT2D eigenvalue weighted by molar-refractivity contribution is 6.44. The van der Waals surface area contributed by atoms with Crippen LogP contribution >= 0.6 is 23.2 Å². The first-order chi connectivity index (χ1) is 14.8. The number of fused-ring (bicyclic) bond motifs is 2. The van der Waals surface area contributed by atoms with Gasteiger partial charge in [0.2, 0.25) is 0 Å². The summed E-state index contributed by atoms with van der Waals surface area (Å²) in [5.41, 5.74) is 3.51. The van der Waals surface area contributed by atoms with Crippen LogP contribution in [0, 0.1) is 6.92 Å². The second kappa shape index (κ2) is 8.99. The van der Waals surface area contributed by atoms with E-state index in [1.54, 1.807) is 17.0 Å². The zero-order chi connectivity index (χ0) is 22.2. The van der Waals surface area contributed by atoms with Crippen molar-refractivity contribution in [2.24, 2.45) is 0 Å². The van der Waals surface area contributed by atoms with Crippen LogP contribution in [0.3, 0.4) is 0 Å². The van der Waals surface area contributed by atoms with E-state index in [0.29, 0.717) is 60.0 Å². The molecule has 2 aliphatic heterocycles. The summed E-state index contributed by atoms with van der Waals surface area (Å²) in [6.45, 7) is 8.13. The van der Waals surface area contributed by atoms with Gasteiger partial charge in [0.15, 0.2) is 0 Å². The molecule has 0 bridgehead atoms. The van der Waals surface area contributed by atoms with Gasteiger partial charge in [-0.25, -0.2) is 0 Å². The Labute approximate surface area is 193 Å². The first-order valence-electron chi connectivity index (χ1n) is 10.7. The number of rotatable bonds is 6. The third kappa shape index (κ3) is 4.05. The fourth-order valence-corrected chi connectivity index (χ4v) is 4.56. The van der Waals surface area contributed by atoms with Crippen molar-refractivity contribution in [2.75, 3.05) is 31.3 Å². The quantitative estimate of drug-likeness (QED) is 0.505. The van der Waals surface area contributed by atoms with Gasteiger partial charge in [-0.05, 0) is 55.0 Å². The van der Waals surface area contributed by atoms with Crippen molar-refractivity contribution >= 4 is 34.8 Å². The van der Waals surface area contributed by atoms with Crippen LogP contribution in [0.1, 0.15) is 49.3 Å². The molecule has 0 atom stereocenters. The van der Waals surface area contributed by atoms with Gasteiger partial charge in [0.1, 0.15) is 5.75 Å². The highest BCUT2D eigenvalue weighted by atomic mass is 35.5. The van der Waals surface area contributed by atoms with E-state index in [-0.39, 0.29) is 5.91 Å². The Bertz CT molecular complexity index is 986. The first-order valence-corrected chi connectivity index (χ1v) is 11.4. The predicted molar refractivity (Wildman–Crippen MR) is 122 cm³/mol. The number of anilines is 1. The molecule has 0 N–H and O–H groups in total. The van der Waals surface area contributed by atoms with E-state index in [1.807, 2.05) is 6.92 Å². The molecule has 0 unspecified atom stereocenters. The highest BCUT2D eigenvalue weighted by Gasteiger charge is 2.55. The maximum Gasteiger partial charge on any atom is 0.292 e.